The fourth-order valence-electron chi connectivity index (χ4n) is 3.21. The summed E-state index contributed by atoms with van der Waals surface area (Å²) < 4.78 is 32.9. The van der Waals surface area contributed by atoms with Gasteiger partial charge >= 0.3 is 0 Å². The lowest BCUT2D eigenvalue weighted by Crippen LogP contribution is -2.27. The maximum absolute atomic E-state index is 12.6. The molecule has 2 aromatic rings. The van der Waals surface area contributed by atoms with E-state index in [1.165, 1.54) is 0 Å². The predicted molar refractivity (Wildman–Crippen MR) is 105 cm³/mol. The van der Waals surface area contributed by atoms with Crippen molar-refractivity contribution >= 4 is 21.6 Å². The van der Waals surface area contributed by atoms with Crippen molar-refractivity contribution in [2.24, 2.45) is 0 Å². The minimum atomic E-state index is -3.60. The SMILES string of the molecule is COc1ccc(CCNS(=O)(=O)c2ccc(N3CCCC3=O)c(C)c2)cc1. The average molecular weight is 388 g/mol. The monoisotopic (exact) mass is 388 g/mol. The van der Waals surface area contributed by atoms with Crippen LogP contribution in [-0.4, -0.2) is 34.5 Å². The molecule has 1 aliphatic rings. The van der Waals surface area contributed by atoms with Gasteiger partial charge in [-0.1, -0.05) is 12.1 Å². The number of sulfonamides is 1. The number of amides is 1. The zero-order valence-corrected chi connectivity index (χ0v) is 16.4. The van der Waals surface area contributed by atoms with Gasteiger partial charge in [-0.25, -0.2) is 13.1 Å². The van der Waals surface area contributed by atoms with Crippen molar-refractivity contribution in [2.45, 2.75) is 31.1 Å². The molecule has 1 N–H and O–H groups in total. The van der Waals surface area contributed by atoms with Crippen molar-refractivity contribution in [3.8, 4) is 5.75 Å². The Morgan fingerprint density at radius 1 is 1.15 bits per heavy atom. The number of hydrogen-bond acceptors (Lipinski definition) is 4. The van der Waals surface area contributed by atoms with Gasteiger partial charge in [-0.15, -0.1) is 0 Å². The Balaban J connectivity index is 1.65. The number of anilines is 1. The highest BCUT2D eigenvalue weighted by Gasteiger charge is 2.24. The molecule has 2 aromatic carbocycles. The minimum absolute atomic E-state index is 0.0892. The van der Waals surface area contributed by atoms with Crippen LogP contribution in [0.15, 0.2) is 47.4 Å². The molecule has 1 heterocycles. The second-order valence-electron chi connectivity index (χ2n) is 6.59. The highest BCUT2D eigenvalue weighted by Crippen LogP contribution is 2.27. The van der Waals surface area contributed by atoms with Crippen LogP contribution in [0.2, 0.25) is 0 Å². The standard InChI is InChI=1S/C20H24N2O4S/c1-15-14-18(9-10-19(15)22-13-3-4-20(22)23)27(24,25)21-12-11-16-5-7-17(26-2)8-6-16/h5-10,14,21H,3-4,11-13H2,1-2H3. The summed E-state index contributed by atoms with van der Waals surface area (Å²) in [5.41, 5.74) is 2.59. The average Bonchev–Trinajstić information content (AvgIpc) is 3.08. The molecule has 0 aromatic heterocycles. The van der Waals surface area contributed by atoms with E-state index in [1.54, 1.807) is 30.2 Å². The van der Waals surface area contributed by atoms with Gasteiger partial charge in [0.05, 0.1) is 12.0 Å². The van der Waals surface area contributed by atoms with Crippen LogP contribution in [-0.2, 0) is 21.2 Å². The number of nitrogens with zero attached hydrogens (tertiary/aromatic N) is 1. The molecule has 7 heteroatoms. The lowest BCUT2D eigenvalue weighted by Gasteiger charge is -2.19. The van der Waals surface area contributed by atoms with Gasteiger partial charge in [0.2, 0.25) is 15.9 Å². The van der Waals surface area contributed by atoms with Crippen molar-refractivity contribution in [3.63, 3.8) is 0 Å². The molecular weight excluding hydrogens is 364 g/mol. The van der Waals surface area contributed by atoms with E-state index in [1.807, 2.05) is 31.2 Å². The highest BCUT2D eigenvalue weighted by atomic mass is 32.2. The van der Waals surface area contributed by atoms with Gasteiger partial charge in [0.15, 0.2) is 0 Å². The van der Waals surface area contributed by atoms with Gasteiger partial charge in [0, 0.05) is 25.2 Å². The number of carbonyl (C=O) groups excluding carboxylic acids is 1. The number of carbonyl (C=O) groups is 1. The number of nitrogens with one attached hydrogen (secondary N) is 1. The number of rotatable bonds is 7. The Morgan fingerprint density at radius 3 is 2.48 bits per heavy atom. The van der Waals surface area contributed by atoms with E-state index in [2.05, 4.69) is 4.72 Å². The molecule has 1 fully saturated rings. The zero-order valence-electron chi connectivity index (χ0n) is 15.6. The summed E-state index contributed by atoms with van der Waals surface area (Å²) in [7, 11) is -1.99. The van der Waals surface area contributed by atoms with Crippen LogP contribution in [0.4, 0.5) is 5.69 Å². The van der Waals surface area contributed by atoms with Crippen LogP contribution in [0.5, 0.6) is 5.75 Å². The molecule has 0 radical (unpaired) electrons. The lowest BCUT2D eigenvalue weighted by molar-refractivity contribution is -0.117. The minimum Gasteiger partial charge on any atom is -0.497 e. The van der Waals surface area contributed by atoms with E-state index < -0.39 is 10.0 Å². The molecule has 144 valence electrons. The molecule has 0 spiro atoms. The Morgan fingerprint density at radius 2 is 1.89 bits per heavy atom. The first kappa shape index (κ1) is 19.4. The third kappa shape index (κ3) is 4.48. The van der Waals surface area contributed by atoms with Crippen LogP contribution in [0, 0.1) is 6.92 Å². The molecule has 6 nitrogen and oxygen atoms in total. The lowest BCUT2D eigenvalue weighted by atomic mass is 10.1. The van der Waals surface area contributed by atoms with Crippen molar-refractivity contribution in [1.29, 1.82) is 0 Å². The summed E-state index contributed by atoms with van der Waals surface area (Å²) in [6.45, 7) is 2.82. The molecular formula is C20H24N2O4S. The van der Waals surface area contributed by atoms with Crippen LogP contribution in [0.1, 0.15) is 24.0 Å². The van der Waals surface area contributed by atoms with Gasteiger partial charge in [-0.3, -0.25) is 4.79 Å². The molecule has 1 saturated heterocycles. The van der Waals surface area contributed by atoms with Crippen molar-refractivity contribution < 1.29 is 17.9 Å². The molecule has 0 saturated carbocycles. The fourth-order valence-corrected chi connectivity index (χ4v) is 4.32. The molecule has 1 amide bonds. The first-order valence-electron chi connectivity index (χ1n) is 8.94. The Hall–Kier alpha value is -2.38. The molecule has 0 aliphatic carbocycles. The van der Waals surface area contributed by atoms with E-state index in [9.17, 15) is 13.2 Å². The molecule has 0 bridgehead atoms. The topological polar surface area (TPSA) is 75.7 Å². The number of hydrogen-bond donors (Lipinski definition) is 1. The van der Waals surface area contributed by atoms with Crippen molar-refractivity contribution in [1.82, 2.24) is 4.72 Å². The van der Waals surface area contributed by atoms with Gasteiger partial charge in [-0.2, -0.15) is 0 Å². The summed E-state index contributed by atoms with van der Waals surface area (Å²) in [6.07, 6.45) is 1.97. The number of benzene rings is 2. The number of methoxy groups -OCH3 is 1. The van der Waals surface area contributed by atoms with Crippen molar-refractivity contribution in [2.75, 3.05) is 25.1 Å². The van der Waals surface area contributed by atoms with Gasteiger partial charge < -0.3 is 9.64 Å². The third-order valence-electron chi connectivity index (χ3n) is 4.71. The van der Waals surface area contributed by atoms with E-state index in [4.69, 9.17) is 4.74 Å². The number of ether oxygens (including phenoxy) is 1. The summed E-state index contributed by atoms with van der Waals surface area (Å²) in [5.74, 6) is 0.859. The largest absolute Gasteiger partial charge is 0.497 e. The van der Waals surface area contributed by atoms with Crippen molar-refractivity contribution in [3.05, 3.63) is 53.6 Å². The maximum atomic E-state index is 12.6. The third-order valence-corrected chi connectivity index (χ3v) is 6.17. The Bertz CT molecular complexity index is 923. The maximum Gasteiger partial charge on any atom is 0.240 e. The van der Waals surface area contributed by atoms with Gasteiger partial charge in [0.25, 0.3) is 0 Å². The van der Waals surface area contributed by atoms with Gasteiger partial charge in [-0.05, 0) is 61.2 Å². The van der Waals surface area contributed by atoms with Crippen LogP contribution in [0.3, 0.4) is 0 Å². The van der Waals surface area contributed by atoms with E-state index in [0.717, 1.165) is 29.0 Å². The zero-order chi connectivity index (χ0) is 19.4. The first-order chi connectivity index (χ1) is 12.9. The Kier molecular flexibility index (Phi) is 5.82. The van der Waals surface area contributed by atoms with Crippen LogP contribution < -0.4 is 14.4 Å². The van der Waals surface area contributed by atoms with E-state index in [-0.39, 0.29) is 10.8 Å². The van der Waals surface area contributed by atoms with E-state index in [0.29, 0.717) is 25.9 Å². The van der Waals surface area contributed by atoms with E-state index >= 15 is 0 Å². The molecule has 3 rings (SSSR count). The molecule has 1 aliphatic heterocycles. The Labute approximate surface area is 160 Å². The fraction of sp³-hybridized carbons (Fsp3) is 0.350. The highest BCUT2D eigenvalue weighted by molar-refractivity contribution is 7.89. The summed E-state index contributed by atoms with van der Waals surface area (Å²) >= 11 is 0. The van der Waals surface area contributed by atoms with Gasteiger partial charge in [0.1, 0.15) is 5.75 Å². The quantitative estimate of drug-likeness (QED) is 0.791. The second-order valence-corrected chi connectivity index (χ2v) is 8.36. The first-order valence-corrected chi connectivity index (χ1v) is 10.4. The summed E-state index contributed by atoms with van der Waals surface area (Å²) in [4.78, 5) is 13.9. The smallest absolute Gasteiger partial charge is 0.240 e. The van der Waals surface area contributed by atoms with Crippen LogP contribution >= 0.6 is 0 Å². The second kappa shape index (κ2) is 8.10. The molecule has 0 unspecified atom stereocenters. The predicted octanol–water partition coefficient (Wildman–Crippen LogP) is 2.65. The molecule has 0 atom stereocenters. The molecule has 27 heavy (non-hydrogen) atoms. The summed E-state index contributed by atoms with van der Waals surface area (Å²) in [5, 5.41) is 0. The van der Waals surface area contributed by atoms with Crippen LogP contribution in [0.25, 0.3) is 0 Å². The normalized spacial score (nSPS) is 14.6. The number of aryl methyl sites for hydroxylation is 1. The summed E-state index contributed by atoms with van der Waals surface area (Å²) in [6, 6.07) is 12.4.